The van der Waals surface area contributed by atoms with Gasteiger partial charge in [0.1, 0.15) is 6.09 Å². The molecule has 1 unspecified atom stereocenters. The van der Waals surface area contributed by atoms with Crippen molar-refractivity contribution in [1.29, 1.82) is 0 Å². The van der Waals surface area contributed by atoms with Gasteiger partial charge in [0.05, 0.1) is 5.56 Å². The lowest BCUT2D eigenvalue weighted by atomic mass is 9.93. The van der Waals surface area contributed by atoms with Gasteiger partial charge in [0.15, 0.2) is 0 Å². The number of rotatable bonds is 2. The fourth-order valence-corrected chi connectivity index (χ4v) is 2.68. The number of halogens is 3. The number of carbonyl (C=O) groups is 1. The summed E-state index contributed by atoms with van der Waals surface area (Å²) in [5.41, 5.74) is -0.554. The molecular formula is C14H15F3NO2-. The molecule has 1 aliphatic rings. The van der Waals surface area contributed by atoms with Gasteiger partial charge in [-0.15, -0.1) is 0 Å². The maximum absolute atomic E-state index is 12.9. The van der Waals surface area contributed by atoms with Crippen molar-refractivity contribution in [2.24, 2.45) is 0 Å². The molecule has 1 aliphatic heterocycles. The Morgan fingerprint density at radius 2 is 2.00 bits per heavy atom. The fraction of sp³-hybridized carbons (Fsp3) is 0.500. The molecule has 3 nitrogen and oxygen atoms in total. The molecule has 0 radical (unpaired) electrons. The van der Waals surface area contributed by atoms with Crippen LogP contribution >= 0.6 is 0 Å². The Kier molecular flexibility index (Phi) is 4.20. The number of hydrogen-bond acceptors (Lipinski definition) is 2. The van der Waals surface area contributed by atoms with Gasteiger partial charge in [-0.2, -0.15) is 13.2 Å². The second kappa shape index (κ2) is 5.73. The number of piperidine rings is 1. The van der Waals surface area contributed by atoms with Gasteiger partial charge in [0.25, 0.3) is 0 Å². The topological polar surface area (TPSA) is 43.4 Å². The van der Waals surface area contributed by atoms with Crippen molar-refractivity contribution in [2.75, 3.05) is 6.54 Å². The molecule has 1 saturated heterocycles. The SMILES string of the molecule is O=C([O-])N1CCCCC1Cc1ccccc1C(F)(F)F. The number of amides is 1. The van der Waals surface area contributed by atoms with Crippen molar-refractivity contribution in [3.8, 4) is 0 Å². The molecule has 20 heavy (non-hydrogen) atoms. The number of hydrogen-bond donors (Lipinski definition) is 0. The standard InChI is InChI=1S/C14H16F3NO2/c15-14(16,17)12-7-2-1-5-10(12)9-11-6-3-4-8-18(11)13(19)20/h1-2,5,7,11H,3-4,6,8-9H2,(H,19,20)/p-1. The molecule has 1 heterocycles. The zero-order chi connectivity index (χ0) is 14.8. The van der Waals surface area contributed by atoms with Crippen molar-refractivity contribution in [3.05, 3.63) is 35.4 Å². The minimum absolute atomic E-state index is 0.0731. The maximum atomic E-state index is 12.9. The molecule has 0 aromatic heterocycles. The molecule has 1 atom stereocenters. The number of benzene rings is 1. The van der Waals surface area contributed by atoms with Gasteiger partial charge < -0.3 is 14.8 Å². The highest BCUT2D eigenvalue weighted by Gasteiger charge is 2.34. The Morgan fingerprint density at radius 3 is 2.65 bits per heavy atom. The van der Waals surface area contributed by atoms with Crippen molar-refractivity contribution < 1.29 is 23.1 Å². The Bertz CT molecular complexity index is 488. The van der Waals surface area contributed by atoms with Crippen LogP contribution in [0.15, 0.2) is 24.3 Å². The minimum Gasteiger partial charge on any atom is -0.530 e. The van der Waals surface area contributed by atoms with E-state index in [0.29, 0.717) is 13.0 Å². The lowest BCUT2D eigenvalue weighted by Crippen LogP contribution is -2.50. The molecule has 0 N–H and O–H groups in total. The quantitative estimate of drug-likeness (QED) is 0.838. The number of carboxylic acid groups (broad SMARTS) is 1. The predicted octanol–water partition coefficient (Wildman–Crippen LogP) is 2.45. The summed E-state index contributed by atoms with van der Waals surface area (Å²) in [4.78, 5) is 12.2. The largest absolute Gasteiger partial charge is 0.530 e. The summed E-state index contributed by atoms with van der Waals surface area (Å²) >= 11 is 0. The molecule has 0 bridgehead atoms. The van der Waals surface area contributed by atoms with E-state index in [4.69, 9.17) is 0 Å². The van der Waals surface area contributed by atoms with Gasteiger partial charge in [0.2, 0.25) is 0 Å². The Labute approximate surface area is 115 Å². The van der Waals surface area contributed by atoms with Crippen LogP contribution in [0.5, 0.6) is 0 Å². The van der Waals surface area contributed by atoms with Crippen LogP contribution in [0.3, 0.4) is 0 Å². The molecule has 0 saturated carbocycles. The molecule has 110 valence electrons. The van der Waals surface area contributed by atoms with Crippen molar-refractivity contribution in [2.45, 2.75) is 37.9 Å². The lowest BCUT2D eigenvalue weighted by Gasteiger charge is -2.38. The third-order valence-electron chi connectivity index (χ3n) is 3.64. The first-order valence-corrected chi connectivity index (χ1v) is 6.52. The van der Waals surface area contributed by atoms with E-state index in [1.807, 2.05) is 0 Å². The summed E-state index contributed by atoms with van der Waals surface area (Å²) in [6.07, 6.45) is -3.53. The maximum Gasteiger partial charge on any atom is 0.416 e. The molecule has 2 rings (SSSR count). The third-order valence-corrected chi connectivity index (χ3v) is 3.64. The smallest absolute Gasteiger partial charge is 0.416 e. The van der Waals surface area contributed by atoms with E-state index in [1.54, 1.807) is 0 Å². The lowest BCUT2D eigenvalue weighted by molar-refractivity contribution is -0.269. The zero-order valence-electron chi connectivity index (χ0n) is 10.8. The normalized spacial score (nSPS) is 19.9. The van der Waals surface area contributed by atoms with Crippen LogP contribution in [0, 0.1) is 0 Å². The van der Waals surface area contributed by atoms with E-state index >= 15 is 0 Å². The van der Waals surface area contributed by atoms with E-state index in [0.717, 1.165) is 23.8 Å². The number of nitrogens with zero attached hydrogens (tertiary/aromatic N) is 1. The van der Waals surface area contributed by atoms with Crippen molar-refractivity contribution in [3.63, 3.8) is 0 Å². The van der Waals surface area contributed by atoms with Crippen LogP contribution < -0.4 is 5.11 Å². The average Bonchev–Trinajstić information content (AvgIpc) is 2.38. The number of carbonyl (C=O) groups excluding carboxylic acids is 1. The molecule has 0 aliphatic carbocycles. The van der Waals surface area contributed by atoms with Crippen molar-refractivity contribution >= 4 is 6.09 Å². The van der Waals surface area contributed by atoms with E-state index in [9.17, 15) is 23.1 Å². The first-order valence-electron chi connectivity index (χ1n) is 6.52. The first-order chi connectivity index (χ1) is 9.39. The van der Waals surface area contributed by atoms with Crippen LogP contribution in [-0.2, 0) is 12.6 Å². The summed E-state index contributed by atoms with van der Waals surface area (Å²) in [5.74, 6) is 0. The Balaban J connectivity index is 2.23. The van der Waals surface area contributed by atoms with Gasteiger partial charge in [-0.05, 0) is 37.3 Å². The molecule has 0 spiro atoms. The number of alkyl halides is 3. The predicted molar refractivity (Wildman–Crippen MR) is 64.9 cm³/mol. The van der Waals surface area contributed by atoms with Crippen LogP contribution in [0.1, 0.15) is 30.4 Å². The first kappa shape index (κ1) is 14.7. The highest BCUT2D eigenvalue weighted by atomic mass is 19.4. The summed E-state index contributed by atoms with van der Waals surface area (Å²) in [7, 11) is 0. The monoisotopic (exact) mass is 286 g/mol. The molecule has 1 aromatic rings. The van der Waals surface area contributed by atoms with E-state index < -0.39 is 23.9 Å². The molecule has 1 amide bonds. The average molecular weight is 286 g/mol. The van der Waals surface area contributed by atoms with Gasteiger partial charge >= 0.3 is 6.18 Å². The van der Waals surface area contributed by atoms with E-state index in [-0.39, 0.29) is 12.0 Å². The Morgan fingerprint density at radius 1 is 1.30 bits per heavy atom. The van der Waals surface area contributed by atoms with Gasteiger partial charge in [-0.1, -0.05) is 18.2 Å². The summed E-state index contributed by atoms with van der Waals surface area (Å²) in [6.45, 7) is 0.335. The second-order valence-corrected chi connectivity index (χ2v) is 4.97. The summed E-state index contributed by atoms with van der Waals surface area (Å²) in [5, 5.41) is 11.0. The second-order valence-electron chi connectivity index (χ2n) is 4.97. The molecule has 1 fully saturated rings. The highest BCUT2D eigenvalue weighted by molar-refractivity contribution is 5.63. The Hall–Kier alpha value is -1.72. The molecular weight excluding hydrogens is 271 g/mol. The molecule has 1 aromatic carbocycles. The molecule has 6 heteroatoms. The van der Waals surface area contributed by atoms with Crippen LogP contribution in [-0.4, -0.2) is 23.6 Å². The van der Waals surface area contributed by atoms with Gasteiger partial charge in [-0.3, -0.25) is 0 Å². The van der Waals surface area contributed by atoms with Crippen LogP contribution in [0.4, 0.5) is 18.0 Å². The van der Waals surface area contributed by atoms with Crippen molar-refractivity contribution in [1.82, 2.24) is 4.90 Å². The fourth-order valence-electron chi connectivity index (χ4n) is 2.68. The summed E-state index contributed by atoms with van der Waals surface area (Å²) < 4.78 is 38.7. The zero-order valence-corrected chi connectivity index (χ0v) is 10.8. The van der Waals surface area contributed by atoms with Crippen LogP contribution in [0.2, 0.25) is 0 Å². The van der Waals surface area contributed by atoms with Crippen LogP contribution in [0.25, 0.3) is 0 Å². The number of likely N-dealkylation sites (tertiary alicyclic amines) is 1. The third kappa shape index (κ3) is 3.23. The van der Waals surface area contributed by atoms with Gasteiger partial charge in [0, 0.05) is 12.6 Å². The van der Waals surface area contributed by atoms with E-state index in [1.165, 1.54) is 18.2 Å². The van der Waals surface area contributed by atoms with E-state index in [2.05, 4.69) is 0 Å². The minimum atomic E-state index is -4.42. The highest BCUT2D eigenvalue weighted by Crippen LogP contribution is 2.33. The summed E-state index contributed by atoms with van der Waals surface area (Å²) in [6, 6.07) is 4.88. The van der Waals surface area contributed by atoms with Gasteiger partial charge in [-0.25, -0.2) is 0 Å².